The molecule has 0 radical (unpaired) electrons. The summed E-state index contributed by atoms with van der Waals surface area (Å²) in [5, 5.41) is 6.97. The van der Waals surface area contributed by atoms with Gasteiger partial charge in [-0.25, -0.2) is 0 Å². The standard InChI is InChI=1S/C22H32N2O.ClH/c1-13-5-14(2)20(15(3)6-13)23-21(25)16(4)24-22-10-17-7-18(11-22)9-19(8-17)12-22;/h5-6,16-19,24H,7-12H2,1-4H3,(H,23,25);1H. The van der Waals surface area contributed by atoms with Crippen molar-refractivity contribution in [3.8, 4) is 0 Å². The quantitative estimate of drug-likeness (QED) is 0.783. The molecule has 0 aromatic heterocycles. The maximum absolute atomic E-state index is 12.9. The monoisotopic (exact) mass is 376 g/mol. The number of hydrogen-bond acceptors (Lipinski definition) is 2. The van der Waals surface area contributed by atoms with Crippen LogP contribution in [0.25, 0.3) is 0 Å². The highest BCUT2D eigenvalue weighted by Gasteiger charge is 2.51. The third-order valence-electron chi connectivity index (χ3n) is 6.88. The summed E-state index contributed by atoms with van der Waals surface area (Å²) in [5.74, 6) is 2.80. The lowest BCUT2D eigenvalue weighted by Gasteiger charge is -2.57. The van der Waals surface area contributed by atoms with E-state index in [1.54, 1.807) is 0 Å². The Hall–Kier alpha value is -1.06. The molecule has 26 heavy (non-hydrogen) atoms. The number of nitrogens with one attached hydrogen (secondary N) is 2. The molecule has 1 aromatic carbocycles. The van der Waals surface area contributed by atoms with Crippen molar-refractivity contribution in [3.05, 3.63) is 28.8 Å². The van der Waals surface area contributed by atoms with Gasteiger partial charge in [0, 0.05) is 11.2 Å². The maximum Gasteiger partial charge on any atom is 0.241 e. The highest BCUT2D eigenvalue weighted by atomic mass is 35.5. The molecule has 4 aliphatic rings. The minimum atomic E-state index is -0.142. The van der Waals surface area contributed by atoms with Crippen molar-refractivity contribution < 1.29 is 4.79 Å². The summed E-state index contributed by atoms with van der Waals surface area (Å²) in [6.07, 6.45) is 8.13. The van der Waals surface area contributed by atoms with E-state index in [4.69, 9.17) is 0 Å². The predicted molar refractivity (Wildman–Crippen MR) is 110 cm³/mol. The van der Waals surface area contributed by atoms with E-state index in [0.29, 0.717) is 0 Å². The Bertz CT molecular complexity index is 641. The first-order valence-corrected chi connectivity index (χ1v) is 10.00. The highest BCUT2D eigenvalue weighted by molar-refractivity contribution is 5.96. The molecule has 4 fully saturated rings. The third kappa shape index (κ3) is 3.66. The third-order valence-corrected chi connectivity index (χ3v) is 6.88. The molecular weight excluding hydrogens is 344 g/mol. The summed E-state index contributed by atoms with van der Waals surface area (Å²) in [5.41, 5.74) is 4.74. The predicted octanol–water partition coefficient (Wildman–Crippen LogP) is 4.92. The number of halogens is 1. The zero-order chi connectivity index (χ0) is 17.8. The SMILES string of the molecule is Cc1cc(C)c(NC(=O)C(C)NC23CC4CC(CC(C4)C2)C3)c(C)c1.Cl. The Morgan fingerprint density at radius 2 is 1.46 bits per heavy atom. The average Bonchev–Trinajstić information content (AvgIpc) is 2.48. The second-order valence-electron chi connectivity index (χ2n) is 9.33. The topological polar surface area (TPSA) is 41.1 Å². The molecule has 4 saturated carbocycles. The largest absolute Gasteiger partial charge is 0.324 e. The number of carbonyl (C=O) groups is 1. The van der Waals surface area contributed by atoms with Gasteiger partial charge in [-0.15, -0.1) is 12.4 Å². The second-order valence-corrected chi connectivity index (χ2v) is 9.33. The lowest BCUT2D eigenvalue weighted by molar-refractivity contribution is -0.119. The van der Waals surface area contributed by atoms with E-state index in [-0.39, 0.29) is 29.9 Å². The number of rotatable bonds is 4. The van der Waals surface area contributed by atoms with Crippen LogP contribution in [0.2, 0.25) is 0 Å². The first kappa shape index (κ1) is 19.7. The Morgan fingerprint density at radius 1 is 1.00 bits per heavy atom. The van der Waals surface area contributed by atoms with E-state index in [2.05, 4.69) is 43.5 Å². The number of carbonyl (C=O) groups excluding carboxylic acids is 1. The summed E-state index contributed by atoms with van der Waals surface area (Å²) in [6, 6.07) is 4.14. The van der Waals surface area contributed by atoms with Crippen LogP contribution in [0, 0.1) is 38.5 Å². The van der Waals surface area contributed by atoms with Gasteiger partial charge in [0.2, 0.25) is 5.91 Å². The number of amides is 1. The van der Waals surface area contributed by atoms with Gasteiger partial charge in [0.25, 0.3) is 0 Å². The van der Waals surface area contributed by atoms with Gasteiger partial charge in [0.05, 0.1) is 6.04 Å². The summed E-state index contributed by atoms with van der Waals surface area (Å²) < 4.78 is 0. The van der Waals surface area contributed by atoms with Crippen LogP contribution >= 0.6 is 12.4 Å². The van der Waals surface area contributed by atoms with Crippen molar-refractivity contribution in [3.63, 3.8) is 0 Å². The lowest BCUT2D eigenvalue weighted by Crippen LogP contribution is -2.62. The molecule has 1 aromatic rings. The summed E-state index contributed by atoms with van der Waals surface area (Å²) in [6.45, 7) is 8.29. The van der Waals surface area contributed by atoms with Gasteiger partial charge in [0.1, 0.15) is 0 Å². The van der Waals surface area contributed by atoms with Crippen LogP contribution in [0.4, 0.5) is 5.69 Å². The van der Waals surface area contributed by atoms with Crippen molar-refractivity contribution in [2.45, 2.75) is 77.8 Å². The fraction of sp³-hybridized carbons (Fsp3) is 0.682. The number of benzene rings is 1. The smallest absolute Gasteiger partial charge is 0.241 e. The first-order valence-electron chi connectivity index (χ1n) is 10.00. The minimum absolute atomic E-state index is 0. The fourth-order valence-corrected chi connectivity index (χ4v) is 6.42. The lowest BCUT2D eigenvalue weighted by atomic mass is 9.53. The molecule has 4 bridgehead atoms. The van der Waals surface area contributed by atoms with Crippen LogP contribution in [-0.2, 0) is 4.79 Å². The molecular formula is C22H33ClN2O. The Kier molecular flexibility index (Phi) is 5.43. The molecule has 1 amide bonds. The van der Waals surface area contributed by atoms with Crippen molar-refractivity contribution >= 4 is 24.0 Å². The Morgan fingerprint density at radius 3 is 1.92 bits per heavy atom. The molecule has 4 aliphatic carbocycles. The zero-order valence-electron chi connectivity index (χ0n) is 16.5. The Labute approximate surface area is 164 Å². The molecule has 0 saturated heterocycles. The van der Waals surface area contributed by atoms with Crippen molar-refractivity contribution in [2.24, 2.45) is 17.8 Å². The van der Waals surface area contributed by atoms with Gasteiger partial charge < -0.3 is 10.6 Å². The average molecular weight is 377 g/mol. The molecule has 1 unspecified atom stereocenters. The number of aryl methyl sites for hydroxylation is 3. The molecule has 1 atom stereocenters. The molecule has 3 nitrogen and oxygen atoms in total. The molecule has 0 aliphatic heterocycles. The van der Waals surface area contributed by atoms with Gasteiger partial charge in [0.15, 0.2) is 0 Å². The van der Waals surface area contributed by atoms with Gasteiger partial charge >= 0.3 is 0 Å². The minimum Gasteiger partial charge on any atom is -0.324 e. The maximum atomic E-state index is 12.9. The number of hydrogen-bond donors (Lipinski definition) is 2. The van der Waals surface area contributed by atoms with E-state index >= 15 is 0 Å². The van der Waals surface area contributed by atoms with Crippen molar-refractivity contribution in [1.29, 1.82) is 0 Å². The molecule has 0 heterocycles. The van der Waals surface area contributed by atoms with Crippen LogP contribution in [0.5, 0.6) is 0 Å². The van der Waals surface area contributed by atoms with Gasteiger partial charge in [-0.2, -0.15) is 0 Å². The summed E-state index contributed by atoms with van der Waals surface area (Å²) in [7, 11) is 0. The van der Waals surface area contributed by atoms with E-state index in [9.17, 15) is 4.79 Å². The van der Waals surface area contributed by atoms with Crippen molar-refractivity contribution in [1.82, 2.24) is 5.32 Å². The van der Waals surface area contributed by atoms with Crippen LogP contribution in [0.3, 0.4) is 0 Å². The van der Waals surface area contributed by atoms with E-state index in [0.717, 1.165) is 34.6 Å². The summed E-state index contributed by atoms with van der Waals surface area (Å²) in [4.78, 5) is 12.9. The number of anilines is 1. The van der Waals surface area contributed by atoms with Crippen LogP contribution in [-0.4, -0.2) is 17.5 Å². The fourth-order valence-electron chi connectivity index (χ4n) is 6.42. The Balaban J connectivity index is 0.00000196. The van der Waals surface area contributed by atoms with Crippen LogP contribution in [0.1, 0.15) is 62.1 Å². The second kappa shape index (κ2) is 7.16. The zero-order valence-corrected chi connectivity index (χ0v) is 17.3. The van der Waals surface area contributed by atoms with E-state index in [1.165, 1.54) is 44.1 Å². The van der Waals surface area contributed by atoms with Crippen LogP contribution < -0.4 is 10.6 Å². The van der Waals surface area contributed by atoms with Gasteiger partial charge in [-0.05, 0) is 95.1 Å². The van der Waals surface area contributed by atoms with Gasteiger partial charge in [-0.1, -0.05) is 17.7 Å². The summed E-state index contributed by atoms with van der Waals surface area (Å²) >= 11 is 0. The van der Waals surface area contributed by atoms with Gasteiger partial charge in [-0.3, -0.25) is 4.79 Å². The van der Waals surface area contributed by atoms with E-state index in [1.807, 2.05) is 6.92 Å². The molecule has 144 valence electrons. The van der Waals surface area contributed by atoms with E-state index < -0.39 is 0 Å². The highest BCUT2D eigenvalue weighted by Crippen LogP contribution is 2.55. The molecule has 4 heteroatoms. The molecule has 0 spiro atoms. The normalized spacial score (nSPS) is 32.8. The first-order chi connectivity index (χ1) is 11.8. The van der Waals surface area contributed by atoms with Crippen molar-refractivity contribution in [2.75, 3.05) is 5.32 Å². The molecule has 2 N–H and O–H groups in total. The molecule has 5 rings (SSSR count). The van der Waals surface area contributed by atoms with Crippen LogP contribution in [0.15, 0.2) is 12.1 Å².